The predicted octanol–water partition coefficient (Wildman–Crippen LogP) is 2.21. The van der Waals surface area contributed by atoms with Crippen LogP contribution in [0.25, 0.3) is 10.7 Å². The first-order chi connectivity index (χ1) is 11.2. The number of hydrogen-bond donors (Lipinski definition) is 1. The molecular weight excluding hydrogens is 316 g/mol. The monoisotopic (exact) mass is 330 g/mol. The smallest absolute Gasteiger partial charge is 0.248 e. The van der Waals surface area contributed by atoms with Crippen molar-refractivity contribution >= 4 is 23.1 Å². The lowest BCUT2D eigenvalue weighted by molar-refractivity contribution is -0.117. The van der Waals surface area contributed by atoms with Gasteiger partial charge < -0.3 is 4.52 Å². The van der Waals surface area contributed by atoms with Crippen LogP contribution in [0.5, 0.6) is 0 Å². The number of nitrogens with zero attached hydrogens (tertiary/aromatic N) is 5. The van der Waals surface area contributed by atoms with E-state index in [0.717, 1.165) is 10.7 Å². The first-order valence-corrected chi connectivity index (χ1v) is 8.14. The van der Waals surface area contributed by atoms with E-state index in [1.807, 2.05) is 0 Å². The van der Waals surface area contributed by atoms with Crippen LogP contribution in [0.1, 0.15) is 30.1 Å². The molecule has 1 saturated carbocycles. The summed E-state index contributed by atoms with van der Waals surface area (Å²) in [6.45, 7) is 1.83. The van der Waals surface area contributed by atoms with E-state index in [1.165, 1.54) is 17.5 Å². The fourth-order valence-corrected chi connectivity index (χ4v) is 3.04. The third-order valence-electron chi connectivity index (χ3n) is 3.47. The highest BCUT2D eigenvalue weighted by Gasteiger charge is 2.26. The summed E-state index contributed by atoms with van der Waals surface area (Å²) in [5.74, 6) is 0.684. The highest BCUT2D eigenvalue weighted by molar-refractivity contribution is 7.13. The first kappa shape index (κ1) is 14.1. The predicted molar refractivity (Wildman–Crippen MR) is 83.0 cm³/mol. The van der Waals surface area contributed by atoms with Gasteiger partial charge in [0.1, 0.15) is 17.2 Å². The second kappa shape index (κ2) is 5.58. The van der Waals surface area contributed by atoms with E-state index < -0.39 is 0 Å². The Morgan fingerprint density at radius 3 is 3.13 bits per heavy atom. The molecular formula is C14H14N6O2S. The van der Waals surface area contributed by atoms with Gasteiger partial charge in [0, 0.05) is 17.4 Å². The van der Waals surface area contributed by atoms with Crippen LogP contribution in [-0.4, -0.2) is 31.0 Å². The molecule has 0 radical (unpaired) electrons. The summed E-state index contributed by atoms with van der Waals surface area (Å²) in [6.07, 6.45) is 4.16. The fourth-order valence-electron chi connectivity index (χ4n) is 2.19. The van der Waals surface area contributed by atoms with Crippen molar-refractivity contribution in [3.63, 3.8) is 0 Å². The third-order valence-corrected chi connectivity index (χ3v) is 4.35. The lowest BCUT2D eigenvalue weighted by Crippen LogP contribution is -2.18. The van der Waals surface area contributed by atoms with Crippen LogP contribution in [0.15, 0.2) is 22.2 Å². The lowest BCUT2D eigenvalue weighted by Gasteiger charge is -1.99. The zero-order valence-electron chi connectivity index (χ0n) is 12.4. The van der Waals surface area contributed by atoms with Crippen LogP contribution < -0.4 is 5.32 Å². The molecule has 8 nitrogen and oxygen atoms in total. The van der Waals surface area contributed by atoms with Crippen LogP contribution in [-0.2, 0) is 11.3 Å². The van der Waals surface area contributed by atoms with Gasteiger partial charge in [0.15, 0.2) is 0 Å². The Bertz CT molecular complexity index is 847. The van der Waals surface area contributed by atoms with Gasteiger partial charge in [0.2, 0.25) is 11.8 Å². The Balaban J connectivity index is 1.41. The third kappa shape index (κ3) is 3.14. The minimum atomic E-state index is -0.254. The molecule has 3 aromatic heterocycles. The molecule has 1 N–H and O–H groups in total. The topological polar surface area (TPSA) is 98.7 Å². The normalized spacial score (nSPS) is 14.1. The van der Waals surface area contributed by atoms with Gasteiger partial charge in [-0.2, -0.15) is 0 Å². The molecule has 0 spiro atoms. The second-order valence-electron chi connectivity index (χ2n) is 5.53. The molecule has 1 amide bonds. The standard InChI is InChI=1S/C14H14N6O2S/c1-8-4-13(22-18-8)16-12(21)6-20-5-10(17-19-20)14-15-11(7-23-14)9-2-3-9/h4-5,7,9H,2-3,6H2,1H3,(H,16,21). The number of aromatic nitrogens is 5. The molecule has 3 aromatic rings. The summed E-state index contributed by atoms with van der Waals surface area (Å²) in [5, 5.41) is 17.3. The lowest BCUT2D eigenvalue weighted by atomic mass is 10.3. The number of amides is 1. The zero-order valence-corrected chi connectivity index (χ0v) is 13.2. The van der Waals surface area contributed by atoms with Gasteiger partial charge in [-0.05, 0) is 19.8 Å². The molecule has 0 aliphatic heterocycles. The summed E-state index contributed by atoms with van der Waals surface area (Å²) >= 11 is 1.56. The van der Waals surface area contributed by atoms with E-state index in [1.54, 1.807) is 30.5 Å². The SMILES string of the molecule is Cc1cc(NC(=O)Cn2cc(-c3nc(C4CC4)cs3)nn2)on1. The molecule has 118 valence electrons. The molecule has 3 heterocycles. The number of anilines is 1. The number of thiazole rings is 1. The van der Waals surface area contributed by atoms with Crippen molar-refractivity contribution in [1.29, 1.82) is 0 Å². The van der Waals surface area contributed by atoms with E-state index in [4.69, 9.17) is 4.52 Å². The fraction of sp³-hybridized carbons (Fsp3) is 0.357. The van der Waals surface area contributed by atoms with Gasteiger partial charge in [-0.25, -0.2) is 9.67 Å². The zero-order chi connectivity index (χ0) is 15.8. The maximum absolute atomic E-state index is 11.9. The molecule has 9 heteroatoms. The number of carbonyl (C=O) groups excluding carboxylic acids is 1. The molecule has 23 heavy (non-hydrogen) atoms. The number of aryl methyl sites for hydroxylation is 1. The summed E-state index contributed by atoms with van der Waals surface area (Å²) in [5.41, 5.74) is 2.53. The van der Waals surface area contributed by atoms with Gasteiger partial charge in [0.05, 0.1) is 17.6 Å². The van der Waals surface area contributed by atoms with E-state index >= 15 is 0 Å². The number of carbonyl (C=O) groups is 1. The maximum Gasteiger partial charge on any atom is 0.248 e. The van der Waals surface area contributed by atoms with Gasteiger partial charge in [-0.1, -0.05) is 10.4 Å². The first-order valence-electron chi connectivity index (χ1n) is 7.26. The van der Waals surface area contributed by atoms with Crippen molar-refractivity contribution in [2.75, 3.05) is 5.32 Å². The van der Waals surface area contributed by atoms with E-state index in [0.29, 0.717) is 23.2 Å². The largest absolute Gasteiger partial charge is 0.338 e. The Labute approximate surface area is 135 Å². The second-order valence-corrected chi connectivity index (χ2v) is 6.39. The highest BCUT2D eigenvalue weighted by Crippen LogP contribution is 2.41. The summed E-state index contributed by atoms with van der Waals surface area (Å²) < 4.78 is 6.42. The van der Waals surface area contributed by atoms with Crippen LogP contribution >= 0.6 is 11.3 Å². The van der Waals surface area contributed by atoms with Crippen LogP contribution in [0, 0.1) is 6.92 Å². The van der Waals surface area contributed by atoms with Crippen molar-refractivity contribution in [1.82, 2.24) is 25.1 Å². The van der Waals surface area contributed by atoms with Gasteiger partial charge in [-0.15, -0.1) is 16.4 Å². The highest BCUT2D eigenvalue weighted by atomic mass is 32.1. The van der Waals surface area contributed by atoms with E-state index in [-0.39, 0.29) is 12.5 Å². The number of rotatable bonds is 5. The van der Waals surface area contributed by atoms with E-state index in [9.17, 15) is 4.79 Å². The minimum Gasteiger partial charge on any atom is -0.338 e. The summed E-state index contributed by atoms with van der Waals surface area (Å²) in [6, 6.07) is 1.65. The average molecular weight is 330 g/mol. The van der Waals surface area contributed by atoms with Crippen molar-refractivity contribution < 1.29 is 9.32 Å². The van der Waals surface area contributed by atoms with Gasteiger partial charge in [-0.3, -0.25) is 10.1 Å². The minimum absolute atomic E-state index is 0.0492. The van der Waals surface area contributed by atoms with Gasteiger partial charge in [0.25, 0.3) is 0 Å². The molecule has 0 aromatic carbocycles. The Morgan fingerprint density at radius 2 is 2.39 bits per heavy atom. The molecule has 0 atom stereocenters. The molecule has 4 rings (SSSR count). The van der Waals surface area contributed by atoms with Crippen molar-refractivity contribution in [3.05, 3.63) is 29.0 Å². The van der Waals surface area contributed by atoms with Crippen LogP contribution in [0.3, 0.4) is 0 Å². The quantitative estimate of drug-likeness (QED) is 0.770. The molecule has 0 unspecified atom stereocenters. The summed E-state index contributed by atoms with van der Waals surface area (Å²) in [4.78, 5) is 16.5. The summed E-state index contributed by atoms with van der Waals surface area (Å²) in [7, 11) is 0. The molecule has 0 bridgehead atoms. The maximum atomic E-state index is 11.9. The van der Waals surface area contributed by atoms with Crippen LogP contribution in [0.2, 0.25) is 0 Å². The van der Waals surface area contributed by atoms with Gasteiger partial charge >= 0.3 is 0 Å². The Morgan fingerprint density at radius 1 is 1.52 bits per heavy atom. The van der Waals surface area contributed by atoms with Crippen molar-refractivity contribution in [3.8, 4) is 10.7 Å². The number of nitrogens with one attached hydrogen (secondary N) is 1. The molecule has 0 saturated heterocycles. The van der Waals surface area contributed by atoms with Crippen molar-refractivity contribution in [2.24, 2.45) is 0 Å². The Kier molecular flexibility index (Phi) is 3.41. The van der Waals surface area contributed by atoms with Crippen molar-refractivity contribution in [2.45, 2.75) is 32.2 Å². The molecule has 1 fully saturated rings. The Hall–Kier alpha value is -2.55. The number of hydrogen-bond acceptors (Lipinski definition) is 7. The molecule has 1 aliphatic rings. The van der Waals surface area contributed by atoms with Crippen LogP contribution in [0.4, 0.5) is 5.88 Å². The molecule has 1 aliphatic carbocycles. The van der Waals surface area contributed by atoms with E-state index in [2.05, 4.69) is 31.1 Å². The average Bonchev–Trinajstić information content (AvgIpc) is 2.92.